The molecule has 0 aliphatic rings. The van der Waals surface area contributed by atoms with Crippen LogP contribution >= 0.6 is 0 Å². The summed E-state index contributed by atoms with van der Waals surface area (Å²) >= 11 is 0. The Hall–Kier alpha value is -0.500. The van der Waals surface area contributed by atoms with Crippen molar-refractivity contribution in [2.45, 2.75) is 39.3 Å². The normalized spacial score (nSPS) is 15.5. The van der Waals surface area contributed by atoms with Gasteiger partial charge in [-0.1, -0.05) is 33.3 Å². The van der Waals surface area contributed by atoms with Crippen molar-refractivity contribution in [1.82, 2.24) is 0 Å². The van der Waals surface area contributed by atoms with Gasteiger partial charge in [-0.2, -0.15) is 0 Å². The molecule has 0 amide bonds. The van der Waals surface area contributed by atoms with Crippen LogP contribution in [0.5, 0.6) is 0 Å². The molecule has 0 saturated carbocycles. The van der Waals surface area contributed by atoms with Gasteiger partial charge in [0.05, 0.1) is 6.26 Å². The highest BCUT2D eigenvalue weighted by Gasteiger charge is 2.06. The number of hydrogen-bond donors (Lipinski definition) is 1. The van der Waals surface area contributed by atoms with Crippen molar-refractivity contribution in [1.29, 1.82) is 0 Å². The van der Waals surface area contributed by atoms with Crippen LogP contribution < -0.4 is 5.73 Å². The van der Waals surface area contributed by atoms with Gasteiger partial charge in [0.2, 0.25) is 0 Å². The molecule has 0 bridgehead atoms. The van der Waals surface area contributed by atoms with Crippen LogP contribution in [0.25, 0.3) is 0 Å². The van der Waals surface area contributed by atoms with E-state index in [1.165, 1.54) is 19.1 Å². The predicted octanol–water partition coefficient (Wildman–Crippen LogP) is 2.26. The van der Waals surface area contributed by atoms with Crippen molar-refractivity contribution in [3.05, 3.63) is 12.8 Å². The third-order valence-electron chi connectivity index (χ3n) is 1.69. The van der Waals surface area contributed by atoms with E-state index in [4.69, 9.17) is 10.5 Å². The summed E-state index contributed by atoms with van der Waals surface area (Å²) in [5.74, 6) is 0.648. The summed E-state index contributed by atoms with van der Waals surface area (Å²) in [6, 6.07) is 0. The highest BCUT2D eigenvalue weighted by Crippen LogP contribution is 2.11. The van der Waals surface area contributed by atoms with Gasteiger partial charge in [0.15, 0.2) is 0 Å². The molecule has 66 valence electrons. The fraction of sp³-hybridized carbons (Fsp3) is 0.778. The van der Waals surface area contributed by atoms with Gasteiger partial charge < -0.3 is 4.74 Å². The average molecular weight is 157 g/mol. The molecule has 0 aliphatic heterocycles. The smallest absolute Gasteiger partial charge is 0.147 e. The van der Waals surface area contributed by atoms with Crippen molar-refractivity contribution < 1.29 is 4.74 Å². The third kappa shape index (κ3) is 5.92. The molecule has 2 heteroatoms. The molecule has 0 aliphatic carbocycles. The fourth-order valence-electron chi connectivity index (χ4n) is 1.19. The molecular formula is C9H19NO. The Bertz CT molecular complexity index is 104. The van der Waals surface area contributed by atoms with Gasteiger partial charge in [-0.15, -0.1) is 0 Å². The van der Waals surface area contributed by atoms with E-state index in [2.05, 4.69) is 20.4 Å². The highest BCUT2D eigenvalue weighted by atomic mass is 16.5. The molecule has 2 unspecified atom stereocenters. The van der Waals surface area contributed by atoms with Crippen LogP contribution in [-0.4, -0.2) is 6.23 Å². The van der Waals surface area contributed by atoms with Crippen molar-refractivity contribution in [2.75, 3.05) is 0 Å². The van der Waals surface area contributed by atoms with Crippen LogP contribution in [0.4, 0.5) is 0 Å². The van der Waals surface area contributed by atoms with Crippen LogP contribution in [0.2, 0.25) is 0 Å². The van der Waals surface area contributed by atoms with Crippen molar-refractivity contribution in [2.24, 2.45) is 11.7 Å². The first-order valence-corrected chi connectivity index (χ1v) is 4.22. The second-order valence-electron chi connectivity index (χ2n) is 2.97. The topological polar surface area (TPSA) is 35.2 Å². The van der Waals surface area contributed by atoms with Crippen LogP contribution in [0, 0.1) is 5.92 Å². The van der Waals surface area contributed by atoms with E-state index < -0.39 is 0 Å². The van der Waals surface area contributed by atoms with Gasteiger partial charge in [0.1, 0.15) is 6.23 Å². The highest BCUT2D eigenvalue weighted by molar-refractivity contribution is 4.60. The summed E-state index contributed by atoms with van der Waals surface area (Å²) in [4.78, 5) is 0. The first-order valence-electron chi connectivity index (χ1n) is 4.22. The maximum absolute atomic E-state index is 5.62. The standard InChI is InChI=1S/C9H19NO/c1-4-6-8(3)7-9(10)11-5-2/h5,8-9H,2,4,6-7,10H2,1,3H3. The molecule has 0 aromatic rings. The lowest BCUT2D eigenvalue weighted by molar-refractivity contribution is 0.124. The third-order valence-corrected chi connectivity index (χ3v) is 1.69. The van der Waals surface area contributed by atoms with E-state index in [0.717, 1.165) is 6.42 Å². The first kappa shape index (κ1) is 10.5. The second kappa shape index (κ2) is 6.23. The zero-order chi connectivity index (χ0) is 8.69. The van der Waals surface area contributed by atoms with E-state index in [0.29, 0.717) is 5.92 Å². The van der Waals surface area contributed by atoms with Crippen molar-refractivity contribution >= 4 is 0 Å². The SMILES string of the molecule is C=COC(N)CC(C)CCC. The van der Waals surface area contributed by atoms with Gasteiger partial charge in [-0.05, 0) is 5.92 Å². The summed E-state index contributed by atoms with van der Waals surface area (Å²) < 4.78 is 5.00. The van der Waals surface area contributed by atoms with Gasteiger partial charge in [-0.3, -0.25) is 5.73 Å². The Morgan fingerprint density at radius 2 is 2.27 bits per heavy atom. The largest absolute Gasteiger partial charge is 0.484 e. The Kier molecular flexibility index (Phi) is 5.94. The first-order chi connectivity index (χ1) is 5.20. The van der Waals surface area contributed by atoms with Crippen molar-refractivity contribution in [3.8, 4) is 0 Å². The Balaban J connectivity index is 3.39. The fourth-order valence-corrected chi connectivity index (χ4v) is 1.19. The number of nitrogens with two attached hydrogens (primary N) is 1. The molecule has 0 spiro atoms. The molecule has 0 radical (unpaired) electrons. The summed E-state index contributed by atoms with van der Waals surface area (Å²) in [7, 11) is 0. The summed E-state index contributed by atoms with van der Waals surface area (Å²) in [5, 5.41) is 0. The lowest BCUT2D eigenvalue weighted by atomic mass is 10.0. The second-order valence-corrected chi connectivity index (χ2v) is 2.97. The lowest BCUT2D eigenvalue weighted by Gasteiger charge is -2.15. The zero-order valence-corrected chi connectivity index (χ0v) is 7.55. The molecular weight excluding hydrogens is 138 g/mol. The Labute approximate surface area is 69.4 Å². The number of rotatable bonds is 6. The van der Waals surface area contributed by atoms with Crippen LogP contribution in [0.3, 0.4) is 0 Å². The van der Waals surface area contributed by atoms with E-state index in [1.807, 2.05) is 0 Å². The molecule has 2 N–H and O–H groups in total. The summed E-state index contributed by atoms with van der Waals surface area (Å²) in [6.07, 6.45) is 4.58. The van der Waals surface area contributed by atoms with E-state index in [-0.39, 0.29) is 6.23 Å². The van der Waals surface area contributed by atoms with Crippen molar-refractivity contribution in [3.63, 3.8) is 0 Å². The minimum atomic E-state index is -0.172. The minimum absolute atomic E-state index is 0.172. The Morgan fingerprint density at radius 3 is 2.73 bits per heavy atom. The van der Waals surface area contributed by atoms with Gasteiger partial charge in [0.25, 0.3) is 0 Å². The predicted molar refractivity (Wildman–Crippen MR) is 47.9 cm³/mol. The minimum Gasteiger partial charge on any atom is -0.484 e. The quantitative estimate of drug-likeness (QED) is 0.474. The molecule has 2 nitrogen and oxygen atoms in total. The lowest BCUT2D eigenvalue weighted by Crippen LogP contribution is -2.24. The molecule has 0 aromatic carbocycles. The molecule has 11 heavy (non-hydrogen) atoms. The molecule has 2 atom stereocenters. The number of ether oxygens (including phenoxy) is 1. The van der Waals surface area contributed by atoms with Gasteiger partial charge in [0, 0.05) is 6.42 Å². The van der Waals surface area contributed by atoms with Gasteiger partial charge >= 0.3 is 0 Å². The molecule has 0 heterocycles. The molecule has 0 aromatic heterocycles. The number of hydrogen-bond acceptors (Lipinski definition) is 2. The van der Waals surface area contributed by atoms with E-state index in [9.17, 15) is 0 Å². The van der Waals surface area contributed by atoms with E-state index >= 15 is 0 Å². The summed E-state index contributed by atoms with van der Waals surface area (Å²) in [6.45, 7) is 7.82. The average Bonchev–Trinajstić information content (AvgIpc) is 1.87. The Morgan fingerprint density at radius 1 is 1.64 bits per heavy atom. The van der Waals surface area contributed by atoms with Crippen LogP contribution in [0.15, 0.2) is 12.8 Å². The molecule has 0 saturated heterocycles. The zero-order valence-electron chi connectivity index (χ0n) is 7.55. The maximum Gasteiger partial charge on any atom is 0.147 e. The summed E-state index contributed by atoms with van der Waals surface area (Å²) in [5.41, 5.74) is 5.62. The van der Waals surface area contributed by atoms with Gasteiger partial charge in [-0.25, -0.2) is 0 Å². The molecule has 0 fully saturated rings. The van der Waals surface area contributed by atoms with Crippen LogP contribution in [0.1, 0.15) is 33.1 Å². The monoisotopic (exact) mass is 157 g/mol. The molecule has 0 rings (SSSR count). The van der Waals surface area contributed by atoms with Crippen LogP contribution in [-0.2, 0) is 4.74 Å². The van der Waals surface area contributed by atoms with E-state index in [1.54, 1.807) is 0 Å². The maximum atomic E-state index is 5.62.